The molecule has 3 aliphatic rings. The number of aliphatic hydroxyl groups excluding tert-OH is 1. The Kier molecular flexibility index (Phi) is 5.13. The Morgan fingerprint density at radius 3 is 2.93 bits per heavy atom. The van der Waals surface area contributed by atoms with E-state index >= 15 is 0 Å². The van der Waals surface area contributed by atoms with E-state index < -0.39 is 0 Å². The van der Waals surface area contributed by atoms with Crippen molar-refractivity contribution in [3.05, 3.63) is 53.7 Å². The summed E-state index contributed by atoms with van der Waals surface area (Å²) in [7, 11) is 0. The largest absolute Gasteiger partial charge is 0.491 e. The fraction of sp³-hybridized carbons (Fsp3) is 0.458. The lowest BCUT2D eigenvalue weighted by Crippen LogP contribution is -2.60. The highest BCUT2D eigenvalue weighted by Gasteiger charge is 2.44. The maximum atomic E-state index is 9.07. The van der Waals surface area contributed by atoms with Crippen molar-refractivity contribution in [1.29, 1.82) is 0 Å². The van der Waals surface area contributed by atoms with Crippen LogP contribution in [0.15, 0.2) is 42.6 Å². The first-order valence-corrected chi connectivity index (χ1v) is 10.9. The average molecular weight is 407 g/mol. The first kappa shape index (κ1) is 19.4. The number of nitrogens with one attached hydrogen (secondary N) is 2. The average Bonchev–Trinajstić information content (AvgIpc) is 3.22. The van der Waals surface area contributed by atoms with Gasteiger partial charge in [-0.05, 0) is 68.0 Å². The number of anilines is 1. The second-order valence-corrected chi connectivity index (χ2v) is 8.89. The molecule has 0 unspecified atom stereocenters. The first-order valence-electron chi connectivity index (χ1n) is 10.9. The number of aryl methyl sites for hydroxylation is 1. The molecule has 1 saturated carbocycles. The van der Waals surface area contributed by atoms with Gasteiger partial charge in [0.25, 0.3) is 0 Å². The third kappa shape index (κ3) is 3.77. The standard InChI is InChI=1S/C24H30N4O2/c1-17-2-3-18(12-23(17)30-11-10-29)15-28-16-24(8-6-21(28)7-9-24)26-20-4-5-22-19(13-20)14-25-27-22/h2-5,12-14,21,26,29H,6-11,15-16H2,1H3,(H,25,27). The summed E-state index contributed by atoms with van der Waals surface area (Å²) >= 11 is 0. The van der Waals surface area contributed by atoms with Gasteiger partial charge in [-0.3, -0.25) is 10.00 Å². The fourth-order valence-corrected chi connectivity index (χ4v) is 5.16. The van der Waals surface area contributed by atoms with E-state index in [0.29, 0.717) is 12.6 Å². The molecule has 3 aromatic rings. The molecule has 1 aliphatic carbocycles. The van der Waals surface area contributed by atoms with E-state index in [2.05, 4.69) is 63.7 Å². The Bertz CT molecular complexity index is 1020. The minimum Gasteiger partial charge on any atom is -0.491 e. The Morgan fingerprint density at radius 2 is 2.10 bits per heavy atom. The van der Waals surface area contributed by atoms with E-state index in [1.165, 1.54) is 36.9 Å². The Labute approximate surface area is 177 Å². The van der Waals surface area contributed by atoms with Crippen molar-refractivity contribution < 1.29 is 9.84 Å². The van der Waals surface area contributed by atoms with Crippen molar-refractivity contribution in [3.63, 3.8) is 0 Å². The number of nitrogens with zero attached hydrogens (tertiary/aromatic N) is 2. The van der Waals surface area contributed by atoms with Crippen molar-refractivity contribution in [3.8, 4) is 5.75 Å². The van der Waals surface area contributed by atoms with E-state index in [-0.39, 0.29) is 12.1 Å². The van der Waals surface area contributed by atoms with Crippen LogP contribution in [0, 0.1) is 6.92 Å². The third-order valence-electron chi connectivity index (χ3n) is 6.77. The Balaban J connectivity index is 1.31. The molecular formula is C24H30N4O2. The molecule has 0 atom stereocenters. The predicted molar refractivity (Wildman–Crippen MR) is 119 cm³/mol. The number of rotatable bonds is 7. The van der Waals surface area contributed by atoms with Crippen molar-refractivity contribution in [2.24, 2.45) is 0 Å². The minimum atomic E-state index is 0.0384. The van der Waals surface area contributed by atoms with Crippen LogP contribution >= 0.6 is 0 Å². The number of H-pyrrole nitrogens is 1. The number of hydrogen-bond donors (Lipinski definition) is 3. The van der Waals surface area contributed by atoms with Gasteiger partial charge in [0.15, 0.2) is 0 Å². The van der Waals surface area contributed by atoms with E-state index in [1.54, 1.807) is 0 Å². The number of hydrogen-bond acceptors (Lipinski definition) is 5. The number of aliphatic hydroxyl groups is 1. The summed E-state index contributed by atoms with van der Waals surface area (Å²) in [6, 6.07) is 13.6. The summed E-state index contributed by atoms with van der Waals surface area (Å²) in [5, 5.41) is 21.3. The Morgan fingerprint density at radius 1 is 1.23 bits per heavy atom. The second-order valence-electron chi connectivity index (χ2n) is 8.89. The molecule has 0 amide bonds. The van der Waals surface area contributed by atoms with Gasteiger partial charge in [-0.15, -0.1) is 0 Å². The van der Waals surface area contributed by atoms with Crippen LogP contribution in [0.5, 0.6) is 5.75 Å². The van der Waals surface area contributed by atoms with Crippen molar-refractivity contribution in [2.45, 2.75) is 50.7 Å². The molecule has 3 fully saturated rings. The zero-order valence-corrected chi connectivity index (χ0v) is 17.5. The van der Waals surface area contributed by atoms with Crippen LogP contribution in [0.3, 0.4) is 0 Å². The number of aromatic nitrogens is 2. The number of aromatic amines is 1. The third-order valence-corrected chi connectivity index (χ3v) is 6.77. The quantitative estimate of drug-likeness (QED) is 0.556. The molecule has 158 valence electrons. The van der Waals surface area contributed by atoms with E-state index in [9.17, 15) is 0 Å². The maximum absolute atomic E-state index is 9.07. The topological polar surface area (TPSA) is 73.4 Å². The highest BCUT2D eigenvalue weighted by molar-refractivity contribution is 5.81. The normalized spacial score (nSPS) is 23.7. The monoisotopic (exact) mass is 406 g/mol. The van der Waals surface area contributed by atoms with Crippen molar-refractivity contribution in [1.82, 2.24) is 15.1 Å². The van der Waals surface area contributed by atoms with Crippen LogP contribution in [-0.2, 0) is 6.54 Å². The molecule has 6 heteroatoms. The van der Waals surface area contributed by atoms with Gasteiger partial charge in [0.1, 0.15) is 12.4 Å². The van der Waals surface area contributed by atoms with Gasteiger partial charge in [0, 0.05) is 30.2 Å². The number of fused-ring (bicyclic) bond motifs is 4. The number of ether oxygens (including phenoxy) is 1. The minimum absolute atomic E-state index is 0.0384. The maximum Gasteiger partial charge on any atom is 0.122 e. The smallest absolute Gasteiger partial charge is 0.122 e. The molecule has 30 heavy (non-hydrogen) atoms. The molecule has 2 aliphatic heterocycles. The van der Waals surface area contributed by atoms with E-state index in [1.807, 2.05) is 6.20 Å². The molecule has 3 heterocycles. The summed E-state index contributed by atoms with van der Waals surface area (Å²) in [5.41, 5.74) is 4.77. The van der Waals surface area contributed by atoms with Crippen LogP contribution in [0.2, 0.25) is 0 Å². The predicted octanol–water partition coefficient (Wildman–Crippen LogP) is 3.85. The first-order chi connectivity index (χ1) is 14.6. The summed E-state index contributed by atoms with van der Waals surface area (Å²) in [6.07, 6.45) is 6.80. The molecule has 2 aromatic carbocycles. The lowest BCUT2D eigenvalue weighted by atomic mass is 9.73. The summed E-state index contributed by atoms with van der Waals surface area (Å²) in [4.78, 5) is 2.64. The van der Waals surface area contributed by atoms with Crippen LogP contribution in [0.4, 0.5) is 5.69 Å². The van der Waals surface area contributed by atoms with Crippen LogP contribution in [-0.4, -0.2) is 51.5 Å². The lowest BCUT2D eigenvalue weighted by Gasteiger charge is -2.53. The molecule has 0 radical (unpaired) electrons. The molecule has 6 nitrogen and oxygen atoms in total. The molecule has 3 N–H and O–H groups in total. The molecule has 1 aromatic heterocycles. The zero-order chi connectivity index (χ0) is 20.6. The summed E-state index contributed by atoms with van der Waals surface area (Å²) in [6.45, 7) is 4.42. The van der Waals surface area contributed by atoms with E-state index in [4.69, 9.17) is 9.84 Å². The molecule has 2 saturated heterocycles. The van der Waals surface area contributed by atoms with Crippen molar-refractivity contribution in [2.75, 3.05) is 25.1 Å². The number of piperidine rings is 2. The highest BCUT2D eigenvalue weighted by Crippen LogP contribution is 2.41. The molecule has 0 spiro atoms. The Hall–Kier alpha value is -2.57. The molecule has 6 rings (SSSR count). The van der Waals surface area contributed by atoms with Crippen molar-refractivity contribution >= 4 is 16.6 Å². The fourth-order valence-electron chi connectivity index (χ4n) is 5.16. The SMILES string of the molecule is Cc1ccc(CN2CC3(Nc4ccc5[nH]ncc5c4)CCC2CC3)cc1OCCO. The highest BCUT2D eigenvalue weighted by atomic mass is 16.5. The lowest BCUT2D eigenvalue weighted by molar-refractivity contribution is 0.0338. The van der Waals surface area contributed by atoms with Crippen LogP contribution < -0.4 is 10.1 Å². The van der Waals surface area contributed by atoms with Crippen LogP contribution in [0.1, 0.15) is 36.8 Å². The van der Waals surface area contributed by atoms with Gasteiger partial charge in [-0.1, -0.05) is 12.1 Å². The van der Waals surface area contributed by atoms with Gasteiger partial charge in [0.2, 0.25) is 0 Å². The van der Waals surface area contributed by atoms with Gasteiger partial charge >= 0.3 is 0 Å². The van der Waals surface area contributed by atoms with Crippen LogP contribution in [0.25, 0.3) is 10.9 Å². The zero-order valence-electron chi connectivity index (χ0n) is 17.5. The van der Waals surface area contributed by atoms with Gasteiger partial charge in [-0.2, -0.15) is 5.10 Å². The van der Waals surface area contributed by atoms with E-state index in [0.717, 1.165) is 35.3 Å². The van der Waals surface area contributed by atoms with Gasteiger partial charge in [0.05, 0.1) is 23.9 Å². The van der Waals surface area contributed by atoms with Gasteiger partial charge < -0.3 is 15.2 Å². The summed E-state index contributed by atoms with van der Waals surface area (Å²) in [5.74, 6) is 0.880. The second kappa shape index (κ2) is 7.93. The summed E-state index contributed by atoms with van der Waals surface area (Å²) < 4.78 is 5.72. The number of benzene rings is 2. The molecule has 2 bridgehead atoms. The van der Waals surface area contributed by atoms with Gasteiger partial charge in [-0.25, -0.2) is 0 Å². The molecular weight excluding hydrogens is 376 g/mol.